The number of fused-ring (bicyclic) bond motifs is 1. The minimum absolute atomic E-state index is 0.535. The Bertz CT molecular complexity index is 259. The Labute approximate surface area is 72.9 Å². The topological polar surface area (TPSA) is 15.3 Å². The first kappa shape index (κ1) is 6.58. The zero-order valence-corrected chi connectivity index (χ0v) is 7.21. The molecule has 2 heterocycles. The van der Waals surface area contributed by atoms with Crippen molar-refractivity contribution in [2.75, 3.05) is 6.54 Å². The van der Waals surface area contributed by atoms with E-state index in [1.165, 1.54) is 38.0 Å². The normalized spacial score (nSPS) is 29.3. The van der Waals surface area contributed by atoms with Crippen molar-refractivity contribution >= 4 is 0 Å². The minimum Gasteiger partial charge on any atom is -0.347 e. The third-order valence-corrected chi connectivity index (χ3v) is 3.32. The molecule has 2 heteroatoms. The lowest BCUT2D eigenvalue weighted by molar-refractivity contribution is 0.332. The van der Waals surface area contributed by atoms with Gasteiger partial charge in [0, 0.05) is 24.4 Å². The van der Waals surface area contributed by atoms with Crippen molar-refractivity contribution in [2.24, 2.45) is 5.41 Å². The zero-order valence-electron chi connectivity index (χ0n) is 7.21. The van der Waals surface area contributed by atoms with Gasteiger partial charge in [-0.3, -0.25) is 0 Å². The van der Waals surface area contributed by atoms with Crippen LogP contribution in [0.5, 0.6) is 0 Å². The summed E-state index contributed by atoms with van der Waals surface area (Å²) in [7, 11) is 0. The van der Waals surface area contributed by atoms with Gasteiger partial charge >= 0.3 is 0 Å². The Morgan fingerprint density at radius 3 is 2.92 bits per heavy atom. The summed E-state index contributed by atoms with van der Waals surface area (Å²) < 4.78 is 0. The van der Waals surface area contributed by atoms with Crippen molar-refractivity contribution in [3.63, 3.8) is 0 Å². The summed E-state index contributed by atoms with van der Waals surface area (Å²) in [5.74, 6) is 1.32. The Morgan fingerprint density at radius 1 is 1.33 bits per heavy atom. The van der Waals surface area contributed by atoms with E-state index in [2.05, 4.69) is 22.5 Å². The molecule has 1 N–H and O–H groups in total. The van der Waals surface area contributed by atoms with Gasteiger partial charge in [0.25, 0.3) is 0 Å². The van der Waals surface area contributed by atoms with E-state index in [0.29, 0.717) is 5.41 Å². The van der Waals surface area contributed by atoms with Crippen molar-refractivity contribution in [2.45, 2.75) is 25.7 Å². The van der Waals surface area contributed by atoms with Crippen molar-refractivity contribution in [1.29, 1.82) is 0 Å². The number of hydrogen-bond donors (Lipinski definition) is 1. The van der Waals surface area contributed by atoms with Crippen LogP contribution in [0, 0.1) is 5.41 Å². The molecule has 1 spiro atoms. The maximum absolute atomic E-state index is 3.28. The molecule has 0 atom stereocenters. The third-order valence-electron chi connectivity index (χ3n) is 3.32. The van der Waals surface area contributed by atoms with E-state index in [9.17, 15) is 0 Å². The SMILES string of the molecule is C1=CN2CC3(C=C2N1)CCCC3. The highest BCUT2D eigenvalue weighted by molar-refractivity contribution is 5.24. The van der Waals surface area contributed by atoms with Crippen LogP contribution in [0.4, 0.5) is 0 Å². The summed E-state index contributed by atoms with van der Waals surface area (Å²) in [6.07, 6.45) is 12.2. The number of rotatable bonds is 0. The lowest BCUT2D eigenvalue weighted by atomic mass is 9.88. The second-order valence-electron chi connectivity index (χ2n) is 4.19. The van der Waals surface area contributed by atoms with Crippen LogP contribution in [-0.2, 0) is 0 Å². The lowest BCUT2D eigenvalue weighted by Gasteiger charge is -2.21. The molecule has 0 aromatic carbocycles. The minimum atomic E-state index is 0.535. The van der Waals surface area contributed by atoms with Crippen molar-refractivity contribution in [3.8, 4) is 0 Å². The first-order valence-corrected chi connectivity index (χ1v) is 4.81. The standard InChI is InChI=1S/C10H14N2/c1-2-4-10(3-1)7-9-11-5-6-12(9)8-10/h5-7,11H,1-4,8H2. The van der Waals surface area contributed by atoms with Crippen LogP contribution in [0.25, 0.3) is 0 Å². The van der Waals surface area contributed by atoms with Crippen LogP contribution in [0.1, 0.15) is 25.7 Å². The van der Waals surface area contributed by atoms with Gasteiger partial charge in [0.2, 0.25) is 0 Å². The molecule has 1 fully saturated rings. The van der Waals surface area contributed by atoms with Crippen LogP contribution in [0.15, 0.2) is 24.3 Å². The first-order chi connectivity index (χ1) is 5.88. The Morgan fingerprint density at radius 2 is 2.17 bits per heavy atom. The lowest BCUT2D eigenvalue weighted by Crippen LogP contribution is -2.22. The molecule has 0 radical (unpaired) electrons. The van der Waals surface area contributed by atoms with Crippen molar-refractivity contribution in [3.05, 3.63) is 24.3 Å². The smallest absolute Gasteiger partial charge is 0.106 e. The predicted molar refractivity (Wildman–Crippen MR) is 48.0 cm³/mol. The second-order valence-corrected chi connectivity index (χ2v) is 4.19. The van der Waals surface area contributed by atoms with Crippen LogP contribution in [-0.4, -0.2) is 11.4 Å². The molecule has 2 nitrogen and oxygen atoms in total. The molecule has 0 saturated heterocycles. The molecule has 1 aliphatic carbocycles. The van der Waals surface area contributed by atoms with E-state index in [-0.39, 0.29) is 0 Å². The quantitative estimate of drug-likeness (QED) is 0.584. The summed E-state index contributed by atoms with van der Waals surface area (Å²) in [6.45, 7) is 1.21. The second kappa shape index (κ2) is 2.06. The van der Waals surface area contributed by atoms with Gasteiger partial charge in [0.15, 0.2) is 0 Å². The monoisotopic (exact) mass is 162 g/mol. The molecule has 1 saturated carbocycles. The fourth-order valence-corrected chi connectivity index (χ4v) is 2.69. The molecular formula is C10H14N2. The molecule has 2 aliphatic heterocycles. The summed E-state index contributed by atoms with van der Waals surface area (Å²) in [6, 6.07) is 0. The molecule has 12 heavy (non-hydrogen) atoms. The highest BCUT2D eigenvalue weighted by atomic mass is 15.3. The summed E-state index contributed by atoms with van der Waals surface area (Å²) in [5, 5.41) is 3.28. The average molecular weight is 162 g/mol. The Hall–Kier alpha value is -0.920. The van der Waals surface area contributed by atoms with Gasteiger partial charge < -0.3 is 10.2 Å². The molecule has 0 unspecified atom stereocenters. The van der Waals surface area contributed by atoms with E-state index in [1.54, 1.807) is 0 Å². The molecular weight excluding hydrogens is 148 g/mol. The maximum Gasteiger partial charge on any atom is 0.106 e. The van der Waals surface area contributed by atoms with E-state index in [1.807, 2.05) is 6.20 Å². The zero-order chi connectivity index (χ0) is 8.02. The molecule has 0 bridgehead atoms. The highest BCUT2D eigenvalue weighted by Gasteiger charge is 2.39. The van der Waals surface area contributed by atoms with E-state index < -0.39 is 0 Å². The van der Waals surface area contributed by atoms with Gasteiger partial charge in [-0.15, -0.1) is 0 Å². The highest BCUT2D eigenvalue weighted by Crippen LogP contribution is 2.45. The molecule has 0 aromatic rings. The third kappa shape index (κ3) is 0.752. The number of nitrogens with zero attached hydrogens (tertiary/aromatic N) is 1. The van der Waals surface area contributed by atoms with E-state index in [0.717, 1.165) is 0 Å². The van der Waals surface area contributed by atoms with Crippen LogP contribution in [0.2, 0.25) is 0 Å². The van der Waals surface area contributed by atoms with E-state index in [4.69, 9.17) is 0 Å². The fraction of sp³-hybridized carbons (Fsp3) is 0.600. The average Bonchev–Trinajstić information content (AvgIpc) is 2.66. The molecule has 3 aliphatic rings. The van der Waals surface area contributed by atoms with Gasteiger partial charge in [-0.1, -0.05) is 12.8 Å². The van der Waals surface area contributed by atoms with E-state index >= 15 is 0 Å². The van der Waals surface area contributed by atoms with Gasteiger partial charge in [-0.05, 0) is 18.9 Å². The van der Waals surface area contributed by atoms with Gasteiger partial charge in [-0.2, -0.15) is 0 Å². The number of hydrogen-bond acceptors (Lipinski definition) is 2. The maximum atomic E-state index is 3.28. The van der Waals surface area contributed by atoms with Crippen LogP contribution < -0.4 is 5.32 Å². The molecule has 0 amide bonds. The summed E-state index contributed by atoms with van der Waals surface area (Å²) in [5.41, 5.74) is 0.535. The summed E-state index contributed by atoms with van der Waals surface area (Å²) >= 11 is 0. The molecule has 0 aromatic heterocycles. The summed E-state index contributed by atoms with van der Waals surface area (Å²) in [4.78, 5) is 2.34. The van der Waals surface area contributed by atoms with Crippen LogP contribution in [0.3, 0.4) is 0 Å². The first-order valence-electron chi connectivity index (χ1n) is 4.81. The van der Waals surface area contributed by atoms with Crippen LogP contribution >= 0.6 is 0 Å². The largest absolute Gasteiger partial charge is 0.347 e. The Balaban J connectivity index is 1.90. The van der Waals surface area contributed by atoms with Gasteiger partial charge in [0.05, 0.1) is 0 Å². The van der Waals surface area contributed by atoms with Gasteiger partial charge in [0.1, 0.15) is 5.82 Å². The van der Waals surface area contributed by atoms with Crippen molar-refractivity contribution < 1.29 is 0 Å². The molecule has 3 rings (SSSR count). The Kier molecular flexibility index (Phi) is 1.13. The van der Waals surface area contributed by atoms with Crippen molar-refractivity contribution in [1.82, 2.24) is 10.2 Å². The fourth-order valence-electron chi connectivity index (χ4n) is 2.69. The van der Waals surface area contributed by atoms with Gasteiger partial charge in [-0.25, -0.2) is 0 Å². The molecule has 64 valence electrons. The predicted octanol–water partition coefficient (Wildman–Crippen LogP) is 1.78. The number of nitrogens with one attached hydrogen (secondary N) is 1.